The van der Waals surface area contributed by atoms with Gasteiger partial charge in [-0.05, 0) is 30.4 Å². The lowest BCUT2D eigenvalue weighted by molar-refractivity contribution is -0.130. The van der Waals surface area contributed by atoms with Gasteiger partial charge in [0.15, 0.2) is 5.16 Å². The van der Waals surface area contributed by atoms with Crippen LogP contribution >= 0.6 is 11.8 Å². The number of amides is 1. The molecule has 1 aliphatic rings. The average Bonchev–Trinajstić information content (AvgIpc) is 2.94. The van der Waals surface area contributed by atoms with E-state index >= 15 is 0 Å². The second-order valence-electron chi connectivity index (χ2n) is 6.98. The van der Waals surface area contributed by atoms with E-state index in [4.69, 9.17) is 5.26 Å². The van der Waals surface area contributed by atoms with E-state index in [-0.39, 0.29) is 5.91 Å². The third-order valence-electron chi connectivity index (χ3n) is 4.61. The number of aromatic nitrogens is 2. The Labute approximate surface area is 153 Å². The number of carbonyl (C=O) groups is 1. The average molecular weight is 356 g/mol. The van der Waals surface area contributed by atoms with Crippen LogP contribution in [-0.4, -0.2) is 39.2 Å². The summed E-state index contributed by atoms with van der Waals surface area (Å²) >= 11 is 1.48. The minimum atomic E-state index is 0.183. The smallest absolute Gasteiger partial charge is 0.233 e. The van der Waals surface area contributed by atoms with E-state index in [1.54, 1.807) is 0 Å². The molecular weight excluding hydrogens is 332 g/mol. The number of carbonyl (C=O) groups excluding carboxylic acids is 1. The highest BCUT2D eigenvalue weighted by atomic mass is 32.2. The molecule has 0 bridgehead atoms. The molecule has 0 saturated carbocycles. The summed E-state index contributed by atoms with van der Waals surface area (Å²) in [5.41, 5.74) is 1.93. The molecule has 1 aromatic heterocycles. The van der Waals surface area contributed by atoms with Crippen LogP contribution in [0.25, 0.3) is 11.0 Å². The highest BCUT2D eigenvalue weighted by molar-refractivity contribution is 7.99. The molecule has 1 aromatic carbocycles. The molecule has 25 heavy (non-hydrogen) atoms. The van der Waals surface area contributed by atoms with Crippen LogP contribution in [0.2, 0.25) is 0 Å². The normalized spacial score (nSPS) is 20.6. The molecule has 0 spiro atoms. The minimum Gasteiger partial charge on any atom is -0.341 e. The topological polar surface area (TPSA) is 61.9 Å². The first kappa shape index (κ1) is 17.8. The Morgan fingerprint density at radius 3 is 2.76 bits per heavy atom. The Morgan fingerprint density at radius 2 is 2.04 bits per heavy atom. The Balaban J connectivity index is 1.72. The van der Waals surface area contributed by atoms with Crippen molar-refractivity contribution in [1.82, 2.24) is 14.5 Å². The quantitative estimate of drug-likeness (QED) is 0.769. The first-order chi connectivity index (χ1) is 12.1. The van der Waals surface area contributed by atoms with Crippen molar-refractivity contribution in [2.24, 2.45) is 11.8 Å². The van der Waals surface area contributed by atoms with Crippen molar-refractivity contribution in [3.05, 3.63) is 24.3 Å². The second-order valence-corrected chi connectivity index (χ2v) is 7.92. The van der Waals surface area contributed by atoms with Gasteiger partial charge in [-0.15, -0.1) is 0 Å². The molecule has 0 unspecified atom stereocenters. The van der Waals surface area contributed by atoms with Crippen molar-refractivity contribution in [3.8, 4) is 6.07 Å². The summed E-state index contributed by atoms with van der Waals surface area (Å²) in [7, 11) is 0. The second kappa shape index (κ2) is 7.92. The van der Waals surface area contributed by atoms with Crippen molar-refractivity contribution >= 4 is 28.7 Å². The van der Waals surface area contributed by atoms with E-state index in [0.29, 0.717) is 30.6 Å². The summed E-state index contributed by atoms with van der Waals surface area (Å²) in [5.74, 6) is 1.72. The number of rotatable bonds is 5. The molecule has 132 valence electrons. The number of piperidine rings is 1. The lowest BCUT2D eigenvalue weighted by Crippen LogP contribution is -2.43. The van der Waals surface area contributed by atoms with E-state index in [1.165, 1.54) is 18.2 Å². The first-order valence-electron chi connectivity index (χ1n) is 8.81. The SMILES string of the molecule is C[C@@H]1C[C@H](C)CN(C(=O)CSc2nc3ccccc3n2CCC#N)C1. The summed E-state index contributed by atoms with van der Waals surface area (Å²) in [4.78, 5) is 19.3. The number of hydrogen-bond donors (Lipinski definition) is 0. The van der Waals surface area contributed by atoms with Gasteiger partial charge in [-0.25, -0.2) is 4.98 Å². The van der Waals surface area contributed by atoms with E-state index in [1.807, 2.05) is 29.2 Å². The lowest BCUT2D eigenvalue weighted by Gasteiger charge is -2.35. The van der Waals surface area contributed by atoms with E-state index < -0.39 is 0 Å². The fraction of sp³-hybridized carbons (Fsp3) is 0.526. The molecule has 1 fully saturated rings. The number of para-hydroxylation sites is 2. The van der Waals surface area contributed by atoms with Gasteiger partial charge in [-0.2, -0.15) is 5.26 Å². The molecule has 1 amide bonds. The molecule has 0 N–H and O–H groups in total. The number of imidazole rings is 1. The number of likely N-dealkylation sites (tertiary alicyclic amines) is 1. The van der Waals surface area contributed by atoms with Crippen molar-refractivity contribution in [3.63, 3.8) is 0 Å². The molecule has 1 aliphatic heterocycles. The molecular formula is C19H24N4OS. The number of benzene rings is 1. The van der Waals surface area contributed by atoms with Crippen LogP contribution in [0.3, 0.4) is 0 Å². The molecule has 2 aromatic rings. The van der Waals surface area contributed by atoms with E-state index in [9.17, 15) is 4.79 Å². The zero-order valence-corrected chi connectivity index (χ0v) is 15.6. The van der Waals surface area contributed by atoms with Crippen LogP contribution in [0.5, 0.6) is 0 Å². The number of aryl methyl sites for hydroxylation is 1. The maximum absolute atomic E-state index is 12.6. The molecule has 5 nitrogen and oxygen atoms in total. The van der Waals surface area contributed by atoms with E-state index in [0.717, 1.165) is 29.3 Å². The summed E-state index contributed by atoms with van der Waals surface area (Å²) < 4.78 is 2.05. The predicted octanol–water partition coefficient (Wildman–Crippen LogP) is 3.55. The van der Waals surface area contributed by atoms with Crippen molar-refractivity contribution in [2.45, 2.75) is 38.4 Å². The third kappa shape index (κ3) is 4.16. The Bertz CT molecular complexity index is 784. The monoisotopic (exact) mass is 356 g/mol. The third-order valence-corrected chi connectivity index (χ3v) is 5.57. The van der Waals surface area contributed by atoms with Gasteiger partial charge in [0.05, 0.1) is 29.3 Å². The largest absolute Gasteiger partial charge is 0.341 e. The van der Waals surface area contributed by atoms with Crippen molar-refractivity contribution in [1.29, 1.82) is 5.26 Å². The highest BCUT2D eigenvalue weighted by Gasteiger charge is 2.25. The lowest BCUT2D eigenvalue weighted by atomic mass is 9.92. The van der Waals surface area contributed by atoms with E-state index in [2.05, 4.69) is 29.5 Å². The number of nitriles is 1. The van der Waals surface area contributed by atoms with Crippen LogP contribution < -0.4 is 0 Å². The van der Waals surface area contributed by atoms with Crippen LogP contribution in [0, 0.1) is 23.2 Å². The highest BCUT2D eigenvalue weighted by Crippen LogP contribution is 2.26. The van der Waals surface area contributed by atoms with Gasteiger partial charge < -0.3 is 9.47 Å². The zero-order valence-electron chi connectivity index (χ0n) is 14.8. The van der Waals surface area contributed by atoms with Crippen molar-refractivity contribution in [2.75, 3.05) is 18.8 Å². The van der Waals surface area contributed by atoms with Gasteiger partial charge in [0.1, 0.15) is 0 Å². The molecule has 1 saturated heterocycles. The van der Waals surface area contributed by atoms with Crippen LogP contribution in [0.4, 0.5) is 0 Å². The van der Waals surface area contributed by atoms with Gasteiger partial charge >= 0.3 is 0 Å². The fourth-order valence-electron chi connectivity index (χ4n) is 3.63. The summed E-state index contributed by atoms with van der Waals surface area (Å²) in [5, 5.41) is 9.74. The van der Waals surface area contributed by atoms with Crippen molar-refractivity contribution < 1.29 is 4.79 Å². The maximum atomic E-state index is 12.6. The zero-order chi connectivity index (χ0) is 17.8. The van der Waals surface area contributed by atoms with Gasteiger partial charge in [0.2, 0.25) is 5.91 Å². The Morgan fingerprint density at radius 1 is 1.32 bits per heavy atom. The molecule has 2 atom stereocenters. The molecule has 3 rings (SSSR count). The number of thioether (sulfide) groups is 1. The predicted molar refractivity (Wildman–Crippen MR) is 100 cm³/mol. The standard InChI is InChI=1S/C19H24N4OS/c1-14-10-15(2)12-22(11-14)18(24)13-25-19-21-16-6-3-4-7-17(16)23(19)9-5-8-20/h3-4,6-7,14-15H,5,9-13H2,1-2H3/t14-,15+. The first-order valence-corrected chi connectivity index (χ1v) is 9.79. The number of fused-ring (bicyclic) bond motifs is 1. The Kier molecular flexibility index (Phi) is 5.64. The van der Waals surface area contributed by atoms with Crippen LogP contribution in [0.1, 0.15) is 26.7 Å². The van der Waals surface area contributed by atoms with Gasteiger partial charge in [0, 0.05) is 19.6 Å². The number of hydrogen-bond acceptors (Lipinski definition) is 4. The number of nitrogens with zero attached hydrogens (tertiary/aromatic N) is 4. The van der Waals surface area contributed by atoms with Gasteiger partial charge in [-0.3, -0.25) is 4.79 Å². The van der Waals surface area contributed by atoms with Crippen LogP contribution in [0.15, 0.2) is 29.4 Å². The molecule has 6 heteroatoms. The fourth-order valence-corrected chi connectivity index (χ4v) is 4.57. The molecule has 2 heterocycles. The van der Waals surface area contributed by atoms with Crippen LogP contribution in [-0.2, 0) is 11.3 Å². The minimum absolute atomic E-state index is 0.183. The molecule has 0 radical (unpaired) electrons. The Hall–Kier alpha value is -2.00. The van der Waals surface area contributed by atoms with Gasteiger partial charge in [0.25, 0.3) is 0 Å². The molecule has 0 aliphatic carbocycles. The summed E-state index contributed by atoms with van der Waals surface area (Å²) in [6.45, 7) is 6.74. The summed E-state index contributed by atoms with van der Waals surface area (Å²) in [6.07, 6.45) is 1.63. The maximum Gasteiger partial charge on any atom is 0.233 e. The summed E-state index contributed by atoms with van der Waals surface area (Å²) in [6, 6.07) is 10.1. The van der Waals surface area contributed by atoms with Gasteiger partial charge in [-0.1, -0.05) is 37.7 Å².